The maximum Gasteiger partial charge on any atom is 0.225 e. The molecule has 0 spiro atoms. The minimum atomic E-state index is -0.127. The van der Waals surface area contributed by atoms with Crippen molar-refractivity contribution in [1.82, 2.24) is 4.98 Å². The van der Waals surface area contributed by atoms with E-state index < -0.39 is 0 Å². The summed E-state index contributed by atoms with van der Waals surface area (Å²) in [6, 6.07) is 7.33. The van der Waals surface area contributed by atoms with Gasteiger partial charge in [-0.05, 0) is 5.56 Å². The van der Waals surface area contributed by atoms with Crippen molar-refractivity contribution in [3.63, 3.8) is 0 Å². The molecule has 1 aromatic heterocycles. The number of anilines is 1. The average molecular weight is 314 g/mol. The second-order valence-electron chi connectivity index (χ2n) is 5.23. The van der Waals surface area contributed by atoms with E-state index in [0.717, 1.165) is 11.1 Å². The predicted octanol–water partition coefficient (Wildman–Crippen LogP) is 2.58. The predicted molar refractivity (Wildman–Crippen MR) is 85.4 cm³/mol. The summed E-state index contributed by atoms with van der Waals surface area (Å²) in [7, 11) is 4.76. The van der Waals surface area contributed by atoms with E-state index in [4.69, 9.17) is 14.2 Å². The van der Waals surface area contributed by atoms with Gasteiger partial charge in [0.25, 0.3) is 0 Å². The Morgan fingerprint density at radius 3 is 2.57 bits per heavy atom. The van der Waals surface area contributed by atoms with Gasteiger partial charge >= 0.3 is 0 Å². The maximum absolute atomic E-state index is 12.1. The Labute approximate surface area is 134 Å². The molecule has 23 heavy (non-hydrogen) atoms. The van der Waals surface area contributed by atoms with Gasteiger partial charge in [-0.2, -0.15) is 0 Å². The lowest BCUT2D eigenvalue weighted by atomic mass is 9.85. The molecule has 6 heteroatoms. The summed E-state index contributed by atoms with van der Waals surface area (Å²) in [6.07, 6.45) is 2.07. The molecule has 2 heterocycles. The highest BCUT2D eigenvalue weighted by Gasteiger charge is 2.30. The number of aromatic nitrogens is 1. The van der Waals surface area contributed by atoms with Gasteiger partial charge in [0.05, 0.1) is 27.0 Å². The molecule has 1 aromatic carbocycles. The van der Waals surface area contributed by atoms with E-state index in [-0.39, 0.29) is 11.8 Å². The number of carbonyl (C=O) groups excluding carboxylic acids is 1. The molecular weight excluding hydrogens is 296 g/mol. The highest BCUT2D eigenvalue weighted by molar-refractivity contribution is 5.96. The molecule has 0 saturated heterocycles. The minimum Gasteiger partial charge on any atom is -0.497 e. The van der Waals surface area contributed by atoms with Crippen molar-refractivity contribution in [3.05, 3.63) is 41.6 Å². The Hall–Kier alpha value is -2.76. The molecule has 0 radical (unpaired) electrons. The van der Waals surface area contributed by atoms with Crippen LogP contribution in [-0.2, 0) is 4.79 Å². The number of rotatable bonds is 4. The van der Waals surface area contributed by atoms with Crippen LogP contribution in [0.3, 0.4) is 0 Å². The zero-order valence-electron chi connectivity index (χ0n) is 13.3. The topological polar surface area (TPSA) is 69.7 Å². The highest BCUT2D eigenvalue weighted by Crippen LogP contribution is 2.44. The van der Waals surface area contributed by atoms with Crippen LogP contribution in [0.1, 0.15) is 23.5 Å². The number of hydrogen-bond donors (Lipinski definition) is 1. The summed E-state index contributed by atoms with van der Waals surface area (Å²) in [5, 5.41) is 2.89. The summed E-state index contributed by atoms with van der Waals surface area (Å²) in [4.78, 5) is 16.3. The van der Waals surface area contributed by atoms with E-state index in [0.29, 0.717) is 29.5 Å². The van der Waals surface area contributed by atoms with E-state index in [9.17, 15) is 4.79 Å². The monoisotopic (exact) mass is 314 g/mol. The Kier molecular flexibility index (Phi) is 4.06. The molecule has 6 nitrogen and oxygen atoms in total. The van der Waals surface area contributed by atoms with Crippen LogP contribution in [-0.4, -0.2) is 32.2 Å². The number of nitrogens with zero attached hydrogens (tertiary/aromatic N) is 1. The number of nitrogens with one attached hydrogen (secondary N) is 1. The molecule has 0 bridgehead atoms. The van der Waals surface area contributed by atoms with Crippen LogP contribution in [0.4, 0.5) is 5.69 Å². The molecule has 1 atom stereocenters. The lowest BCUT2D eigenvalue weighted by Gasteiger charge is -2.28. The third kappa shape index (κ3) is 2.79. The van der Waals surface area contributed by atoms with Crippen LogP contribution in [0.25, 0.3) is 0 Å². The van der Waals surface area contributed by atoms with Crippen molar-refractivity contribution in [1.29, 1.82) is 0 Å². The van der Waals surface area contributed by atoms with E-state index in [1.807, 2.05) is 12.1 Å². The zero-order chi connectivity index (χ0) is 16.4. The van der Waals surface area contributed by atoms with Crippen molar-refractivity contribution in [3.8, 4) is 17.4 Å². The van der Waals surface area contributed by atoms with Crippen LogP contribution >= 0.6 is 0 Å². The molecule has 1 unspecified atom stereocenters. The van der Waals surface area contributed by atoms with Crippen molar-refractivity contribution >= 4 is 11.6 Å². The average Bonchev–Trinajstić information content (AvgIpc) is 2.59. The van der Waals surface area contributed by atoms with Gasteiger partial charge < -0.3 is 19.5 Å². The normalized spacial score (nSPS) is 16.3. The van der Waals surface area contributed by atoms with Crippen LogP contribution in [0.2, 0.25) is 0 Å². The highest BCUT2D eigenvalue weighted by atomic mass is 16.5. The quantitative estimate of drug-likeness (QED) is 0.939. The molecule has 0 aliphatic carbocycles. The van der Waals surface area contributed by atoms with Gasteiger partial charge in [0, 0.05) is 42.3 Å². The molecule has 1 aliphatic heterocycles. The smallest absolute Gasteiger partial charge is 0.225 e. The van der Waals surface area contributed by atoms with Crippen LogP contribution in [0.5, 0.6) is 17.4 Å². The largest absolute Gasteiger partial charge is 0.497 e. The summed E-state index contributed by atoms with van der Waals surface area (Å²) < 4.78 is 15.9. The molecule has 0 fully saturated rings. The molecule has 3 rings (SSSR count). The Morgan fingerprint density at radius 1 is 1.13 bits per heavy atom. The molecular formula is C17H18N2O4. The first kappa shape index (κ1) is 15.1. The van der Waals surface area contributed by atoms with Gasteiger partial charge in [-0.25, -0.2) is 4.98 Å². The molecule has 120 valence electrons. The molecule has 1 amide bonds. The van der Waals surface area contributed by atoms with E-state index in [2.05, 4.69) is 10.3 Å². The van der Waals surface area contributed by atoms with Crippen LogP contribution in [0.15, 0.2) is 30.5 Å². The zero-order valence-corrected chi connectivity index (χ0v) is 13.3. The number of benzene rings is 1. The fraction of sp³-hybridized carbons (Fsp3) is 0.294. The second-order valence-corrected chi connectivity index (χ2v) is 5.23. The number of amides is 1. The van der Waals surface area contributed by atoms with Crippen molar-refractivity contribution in [2.24, 2.45) is 0 Å². The Morgan fingerprint density at radius 2 is 1.96 bits per heavy atom. The van der Waals surface area contributed by atoms with Crippen molar-refractivity contribution < 1.29 is 19.0 Å². The van der Waals surface area contributed by atoms with Crippen LogP contribution < -0.4 is 19.5 Å². The lowest BCUT2D eigenvalue weighted by molar-refractivity contribution is -0.116. The van der Waals surface area contributed by atoms with E-state index in [1.165, 1.54) is 0 Å². The van der Waals surface area contributed by atoms with Gasteiger partial charge in [-0.15, -0.1) is 0 Å². The third-order valence-electron chi connectivity index (χ3n) is 3.95. The van der Waals surface area contributed by atoms with Gasteiger partial charge in [-0.3, -0.25) is 4.79 Å². The van der Waals surface area contributed by atoms with Gasteiger partial charge in [0.15, 0.2) is 0 Å². The lowest BCUT2D eigenvalue weighted by Crippen LogP contribution is -2.24. The number of fused-ring (bicyclic) bond motifs is 1. The summed E-state index contributed by atoms with van der Waals surface area (Å²) in [6.45, 7) is 0. The van der Waals surface area contributed by atoms with E-state index in [1.54, 1.807) is 39.7 Å². The van der Waals surface area contributed by atoms with Gasteiger partial charge in [-0.1, -0.05) is 6.07 Å². The number of carbonyl (C=O) groups is 1. The summed E-state index contributed by atoms with van der Waals surface area (Å²) in [5.41, 5.74) is 2.57. The van der Waals surface area contributed by atoms with E-state index >= 15 is 0 Å². The van der Waals surface area contributed by atoms with Gasteiger partial charge in [0.1, 0.15) is 11.5 Å². The van der Waals surface area contributed by atoms with Crippen molar-refractivity contribution in [2.45, 2.75) is 12.3 Å². The second kappa shape index (κ2) is 6.16. The third-order valence-corrected chi connectivity index (χ3v) is 3.95. The molecule has 2 aromatic rings. The maximum atomic E-state index is 12.1. The first-order valence-corrected chi connectivity index (χ1v) is 7.22. The van der Waals surface area contributed by atoms with Crippen LogP contribution in [0, 0.1) is 0 Å². The SMILES string of the molecule is COc1cc2c(c(OC)c1)C(c1ccc(OC)nc1)CC(=O)N2. The van der Waals surface area contributed by atoms with Gasteiger partial charge in [0.2, 0.25) is 11.8 Å². The fourth-order valence-corrected chi connectivity index (χ4v) is 2.84. The first-order valence-electron chi connectivity index (χ1n) is 7.22. The molecule has 0 saturated carbocycles. The molecule has 1 aliphatic rings. The standard InChI is InChI=1S/C17H18N2O4/c1-21-11-6-13-17(14(7-11)22-2)12(8-15(20)19-13)10-4-5-16(23-3)18-9-10/h4-7,9,12H,8H2,1-3H3,(H,19,20). The number of ether oxygens (including phenoxy) is 3. The Bertz CT molecular complexity index is 728. The van der Waals surface area contributed by atoms with Crippen molar-refractivity contribution in [2.75, 3.05) is 26.6 Å². The first-order chi connectivity index (χ1) is 11.2. The summed E-state index contributed by atoms with van der Waals surface area (Å²) in [5.74, 6) is 1.68. The number of pyridine rings is 1. The minimum absolute atomic E-state index is 0.0476. The fourth-order valence-electron chi connectivity index (χ4n) is 2.84. The number of hydrogen-bond acceptors (Lipinski definition) is 5. The Balaban J connectivity index is 2.11. The number of methoxy groups -OCH3 is 3. The summed E-state index contributed by atoms with van der Waals surface area (Å²) >= 11 is 0. The molecule has 1 N–H and O–H groups in total.